The molecule has 0 saturated carbocycles. The summed E-state index contributed by atoms with van der Waals surface area (Å²) in [5, 5.41) is 12.3. The summed E-state index contributed by atoms with van der Waals surface area (Å²) in [4.78, 5) is 3.03. The van der Waals surface area contributed by atoms with E-state index in [1.807, 2.05) is 43.6 Å². The van der Waals surface area contributed by atoms with Crippen molar-refractivity contribution in [1.82, 2.24) is 0 Å². The molecule has 2 aromatic carbocycles. The second kappa shape index (κ2) is 6.54. The third kappa shape index (κ3) is 2.97. The fourth-order valence-corrected chi connectivity index (χ4v) is 2.97. The van der Waals surface area contributed by atoms with E-state index in [0.29, 0.717) is 0 Å². The van der Waals surface area contributed by atoms with Gasteiger partial charge in [0.15, 0.2) is 5.84 Å². The van der Waals surface area contributed by atoms with Gasteiger partial charge in [-0.15, -0.1) is 11.8 Å². The highest BCUT2D eigenvalue weighted by Crippen LogP contribution is 2.34. The number of para-hydroxylation sites is 1. The molecule has 3 N–H and O–H groups in total. The molecular weight excluding hydrogens is 282 g/mol. The summed E-state index contributed by atoms with van der Waals surface area (Å²) < 4.78 is 0. The molecule has 0 aliphatic rings. The fraction of sp³-hybridized carbons (Fsp3) is 0.188. The first-order chi connectivity index (χ1) is 10.1. The van der Waals surface area contributed by atoms with E-state index in [4.69, 9.17) is 10.9 Å². The van der Waals surface area contributed by atoms with Crippen LogP contribution >= 0.6 is 11.8 Å². The Balaban J connectivity index is 2.61. The van der Waals surface area contributed by atoms with Gasteiger partial charge in [-0.3, -0.25) is 0 Å². The van der Waals surface area contributed by atoms with Crippen molar-refractivity contribution in [3.63, 3.8) is 0 Å². The highest BCUT2D eigenvalue weighted by molar-refractivity contribution is 7.98. The van der Waals surface area contributed by atoms with Crippen LogP contribution in [0.25, 0.3) is 0 Å². The highest BCUT2D eigenvalue weighted by Gasteiger charge is 2.17. The van der Waals surface area contributed by atoms with Crippen LogP contribution in [0.15, 0.2) is 52.5 Å². The van der Waals surface area contributed by atoms with Gasteiger partial charge >= 0.3 is 0 Å². The van der Waals surface area contributed by atoms with Gasteiger partial charge in [-0.05, 0) is 36.9 Å². The van der Waals surface area contributed by atoms with Crippen molar-refractivity contribution < 1.29 is 5.21 Å². The van der Waals surface area contributed by atoms with E-state index in [2.05, 4.69) is 29.1 Å². The monoisotopic (exact) mass is 301 g/mol. The largest absolute Gasteiger partial charge is 0.409 e. The van der Waals surface area contributed by atoms with Crippen LogP contribution in [0.1, 0.15) is 11.1 Å². The van der Waals surface area contributed by atoms with Gasteiger partial charge in [0.1, 0.15) is 0 Å². The minimum atomic E-state index is 0.121. The predicted octanol–water partition coefficient (Wildman–Crippen LogP) is 3.58. The lowest BCUT2D eigenvalue weighted by atomic mass is 10.1. The number of amidine groups is 1. The molecule has 0 radical (unpaired) electrons. The number of thioether (sulfide) groups is 1. The number of benzene rings is 2. The van der Waals surface area contributed by atoms with Crippen LogP contribution in [0.3, 0.4) is 0 Å². The molecule has 5 heteroatoms. The standard InChI is InChI=1S/C16H19N3OS/c1-11-7-4-5-8-12(11)19(2)13-9-6-10-14(21-3)15(13)16(17)18-20/h4-10,20H,1-3H3,(H2,17,18). The maximum Gasteiger partial charge on any atom is 0.173 e. The summed E-state index contributed by atoms with van der Waals surface area (Å²) in [5.74, 6) is 0.121. The topological polar surface area (TPSA) is 61.8 Å². The minimum absolute atomic E-state index is 0.121. The smallest absolute Gasteiger partial charge is 0.173 e. The van der Waals surface area contributed by atoms with Crippen molar-refractivity contribution in [2.24, 2.45) is 10.9 Å². The molecule has 0 heterocycles. The summed E-state index contributed by atoms with van der Waals surface area (Å²) in [6.45, 7) is 2.06. The molecule has 2 aromatic rings. The number of rotatable bonds is 4. The van der Waals surface area contributed by atoms with Gasteiger partial charge in [0.25, 0.3) is 0 Å². The summed E-state index contributed by atoms with van der Waals surface area (Å²) >= 11 is 1.57. The molecule has 4 nitrogen and oxygen atoms in total. The predicted molar refractivity (Wildman–Crippen MR) is 90.0 cm³/mol. The maximum atomic E-state index is 9.07. The summed E-state index contributed by atoms with van der Waals surface area (Å²) in [6.07, 6.45) is 1.97. The van der Waals surface area contributed by atoms with Crippen molar-refractivity contribution in [2.75, 3.05) is 18.2 Å². The molecule has 0 aliphatic carbocycles. The number of nitrogens with zero attached hydrogens (tertiary/aromatic N) is 2. The number of nitrogens with two attached hydrogens (primary N) is 1. The Labute approximate surface area is 129 Å². The third-order valence-electron chi connectivity index (χ3n) is 3.43. The Bertz CT molecular complexity index is 670. The van der Waals surface area contributed by atoms with Crippen molar-refractivity contribution in [3.05, 3.63) is 53.6 Å². The zero-order valence-corrected chi connectivity index (χ0v) is 13.2. The summed E-state index contributed by atoms with van der Waals surface area (Å²) in [5.41, 5.74) is 9.80. The van der Waals surface area contributed by atoms with E-state index in [1.54, 1.807) is 11.8 Å². The van der Waals surface area contributed by atoms with Crippen LogP contribution in [0.4, 0.5) is 11.4 Å². The van der Waals surface area contributed by atoms with Crippen LogP contribution in [0.5, 0.6) is 0 Å². The number of aryl methyl sites for hydroxylation is 1. The number of hydrogen-bond acceptors (Lipinski definition) is 4. The molecule has 0 spiro atoms. The van der Waals surface area contributed by atoms with Crippen molar-refractivity contribution >= 4 is 29.0 Å². The third-order valence-corrected chi connectivity index (χ3v) is 4.21. The summed E-state index contributed by atoms with van der Waals surface area (Å²) in [7, 11) is 1.98. The average molecular weight is 301 g/mol. The minimum Gasteiger partial charge on any atom is -0.409 e. The summed E-state index contributed by atoms with van der Waals surface area (Å²) in [6, 6.07) is 14.0. The van der Waals surface area contributed by atoms with E-state index in [9.17, 15) is 0 Å². The Morgan fingerprint density at radius 1 is 1.14 bits per heavy atom. The van der Waals surface area contributed by atoms with Crippen LogP contribution in [0.2, 0.25) is 0 Å². The van der Waals surface area contributed by atoms with Gasteiger partial charge in [-0.25, -0.2) is 0 Å². The molecule has 0 bridgehead atoms. The van der Waals surface area contributed by atoms with Gasteiger partial charge in [0, 0.05) is 17.6 Å². The van der Waals surface area contributed by atoms with Crippen molar-refractivity contribution in [1.29, 1.82) is 0 Å². The molecule has 0 fully saturated rings. The molecule has 0 aliphatic heterocycles. The van der Waals surface area contributed by atoms with E-state index in [-0.39, 0.29) is 5.84 Å². The lowest BCUT2D eigenvalue weighted by Gasteiger charge is -2.25. The molecular formula is C16H19N3OS. The fourth-order valence-electron chi connectivity index (χ4n) is 2.35. The molecule has 2 rings (SSSR count). The average Bonchev–Trinajstić information content (AvgIpc) is 2.53. The quantitative estimate of drug-likeness (QED) is 0.298. The number of hydrogen-bond donors (Lipinski definition) is 2. The molecule has 21 heavy (non-hydrogen) atoms. The highest BCUT2D eigenvalue weighted by atomic mass is 32.2. The second-order valence-electron chi connectivity index (χ2n) is 4.69. The first-order valence-corrected chi connectivity index (χ1v) is 7.77. The number of anilines is 2. The Hall–Kier alpha value is -2.14. The molecule has 0 amide bonds. The Morgan fingerprint density at radius 2 is 1.81 bits per heavy atom. The zero-order chi connectivity index (χ0) is 15.4. The molecule has 0 aromatic heterocycles. The lowest BCUT2D eigenvalue weighted by molar-refractivity contribution is 0.318. The van der Waals surface area contributed by atoms with Gasteiger partial charge in [0.05, 0.1) is 11.3 Å². The molecule has 0 saturated heterocycles. The second-order valence-corrected chi connectivity index (χ2v) is 5.53. The van der Waals surface area contributed by atoms with Crippen LogP contribution in [-0.4, -0.2) is 24.3 Å². The van der Waals surface area contributed by atoms with E-state index < -0.39 is 0 Å². The SMILES string of the molecule is CSc1cccc(N(C)c2ccccc2C)c1/C(N)=N/O. The van der Waals surface area contributed by atoms with Gasteiger partial charge in [0.2, 0.25) is 0 Å². The van der Waals surface area contributed by atoms with E-state index >= 15 is 0 Å². The van der Waals surface area contributed by atoms with Gasteiger partial charge in [-0.2, -0.15) is 0 Å². The van der Waals surface area contributed by atoms with Crippen molar-refractivity contribution in [3.8, 4) is 0 Å². The zero-order valence-electron chi connectivity index (χ0n) is 12.4. The van der Waals surface area contributed by atoms with Crippen LogP contribution in [0, 0.1) is 6.92 Å². The van der Waals surface area contributed by atoms with E-state index in [0.717, 1.165) is 21.8 Å². The Morgan fingerprint density at radius 3 is 2.43 bits per heavy atom. The van der Waals surface area contributed by atoms with Crippen LogP contribution < -0.4 is 10.6 Å². The first kappa shape index (κ1) is 15.3. The van der Waals surface area contributed by atoms with Gasteiger partial charge < -0.3 is 15.8 Å². The van der Waals surface area contributed by atoms with Crippen molar-refractivity contribution in [2.45, 2.75) is 11.8 Å². The lowest BCUT2D eigenvalue weighted by Crippen LogP contribution is -2.21. The number of oxime groups is 1. The maximum absolute atomic E-state index is 9.07. The molecule has 110 valence electrons. The molecule has 0 unspecified atom stereocenters. The molecule has 0 atom stereocenters. The normalized spacial score (nSPS) is 11.5. The Kier molecular flexibility index (Phi) is 4.75. The van der Waals surface area contributed by atoms with Crippen LogP contribution in [-0.2, 0) is 0 Å². The van der Waals surface area contributed by atoms with Gasteiger partial charge in [-0.1, -0.05) is 29.4 Å². The van der Waals surface area contributed by atoms with E-state index in [1.165, 1.54) is 5.56 Å². The first-order valence-electron chi connectivity index (χ1n) is 6.54.